The summed E-state index contributed by atoms with van der Waals surface area (Å²) in [4.78, 5) is 24.5. The highest BCUT2D eigenvalue weighted by atomic mass is 32.1. The average molecular weight is 400 g/mol. The van der Waals surface area contributed by atoms with E-state index in [9.17, 15) is 9.59 Å². The largest absolute Gasteiger partial charge is 0.494 e. The molecule has 0 heterocycles. The van der Waals surface area contributed by atoms with Crippen LogP contribution in [0.3, 0.4) is 0 Å². The van der Waals surface area contributed by atoms with Gasteiger partial charge in [0.2, 0.25) is 5.91 Å². The van der Waals surface area contributed by atoms with Gasteiger partial charge >= 0.3 is 0 Å². The van der Waals surface area contributed by atoms with E-state index < -0.39 is 0 Å². The standard InChI is InChI=1S/C21H25N3O3S/c1-3-5-10-19(25)24-21(28)23-18-9-7-6-8-17(18)20(26)22-15-11-13-16(14-12-15)27-4-2/h6-9,11-14H,3-5,10H2,1-2H3,(H,22,26)(H2,23,24,25,28). The molecule has 148 valence electrons. The Labute approximate surface area is 170 Å². The number of nitrogens with one attached hydrogen (secondary N) is 3. The summed E-state index contributed by atoms with van der Waals surface area (Å²) in [5.74, 6) is 0.315. The molecule has 6 nitrogen and oxygen atoms in total. The van der Waals surface area contributed by atoms with Gasteiger partial charge in [-0.2, -0.15) is 0 Å². The van der Waals surface area contributed by atoms with Crippen LogP contribution in [0.1, 0.15) is 43.5 Å². The summed E-state index contributed by atoms with van der Waals surface area (Å²) >= 11 is 5.19. The van der Waals surface area contributed by atoms with E-state index in [2.05, 4.69) is 16.0 Å². The van der Waals surface area contributed by atoms with Gasteiger partial charge in [0.15, 0.2) is 5.11 Å². The Morgan fingerprint density at radius 1 is 1.00 bits per heavy atom. The Balaban J connectivity index is 2.02. The van der Waals surface area contributed by atoms with Crippen molar-refractivity contribution in [2.75, 3.05) is 17.2 Å². The average Bonchev–Trinajstić information content (AvgIpc) is 2.68. The zero-order valence-corrected chi connectivity index (χ0v) is 16.9. The van der Waals surface area contributed by atoms with Crippen LogP contribution < -0.4 is 20.7 Å². The Bertz CT molecular complexity index is 822. The van der Waals surface area contributed by atoms with Crippen molar-refractivity contribution in [1.29, 1.82) is 0 Å². The van der Waals surface area contributed by atoms with Crippen LogP contribution in [0.5, 0.6) is 5.75 Å². The van der Waals surface area contributed by atoms with Crippen LogP contribution in [0.2, 0.25) is 0 Å². The van der Waals surface area contributed by atoms with Crippen LogP contribution in [-0.2, 0) is 4.79 Å². The number of thiocarbonyl (C=S) groups is 1. The van der Waals surface area contributed by atoms with E-state index in [1.807, 2.05) is 13.8 Å². The highest BCUT2D eigenvalue weighted by Gasteiger charge is 2.13. The highest BCUT2D eigenvalue weighted by Crippen LogP contribution is 2.19. The molecule has 0 aliphatic rings. The summed E-state index contributed by atoms with van der Waals surface area (Å²) in [5, 5.41) is 8.58. The van der Waals surface area contributed by atoms with Gasteiger partial charge < -0.3 is 20.7 Å². The molecule has 7 heteroatoms. The molecule has 2 amide bonds. The number of hydrogen-bond acceptors (Lipinski definition) is 4. The van der Waals surface area contributed by atoms with E-state index in [1.54, 1.807) is 48.5 Å². The van der Waals surface area contributed by atoms with Crippen LogP contribution in [0, 0.1) is 0 Å². The fraction of sp³-hybridized carbons (Fsp3) is 0.286. The lowest BCUT2D eigenvalue weighted by molar-refractivity contribution is -0.119. The summed E-state index contributed by atoms with van der Waals surface area (Å²) in [7, 11) is 0. The predicted octanol–water partition coefficient (Wildman–Crippen LogP) is 4.34. The SMILES string of the molecule is CCCCC(=O)NC(=S)Nc1ccccc1C(=O)Nc1ccc(OCC)cc1. The number of anilines is 2. The van der Waals surface area contributed by atoms with Crippen LogP contribution in [0.15, 0.2) is 48.5 Å². The van der Waals surface area contributed by atoms with Crippen LogP contribution in [0.25, 0.3) is 0 Å². The minimum Gasteiger partial charge on any atom is -0.494 e. The lowest BCUT2D eigenvalue weighted by Gasteiger charge is -2.14. The Kier molecular flexibility index (Phi) is 8.42. The van der Waals surface area contributed by atoms with Gasteiger partial charge in [0, 0.05) is 12.1 Å². The van der Waals surface area contributed by atoms with E-state index in [0.717, 1.165) is 18.6 Å². The van der Waals surface area contributed by atoms with E-state index >= 15 is 0 Å². The number of ether oxygens (including phenoxy) is 1. The number of para-hydroxylation sites is 1. The molecular formula is C21H25N3O3S. The molecule has 2 aromatic rings. The molecule has 0 saturated carbocycles. The van der Waals surface area contributed by atoms with Gasteiger partial charge in [-0.3, -0.25) is 9.59 Å². The second kappa shape index (κ2) is 11.0. The number of hydrogen-bond donors (Lipinski definition) is 3. The molecule has 0 aliphatic carbocycles. The van der Waals surface area contributed by atoms with E-state index in [-0.39, 0.29) is 16.9 Å². The van der Waals surface area contributed by atoms with Gasteiger partial charge in [-0.05, 0) is 62.0 Å². The number of unbranched alkanes of at least 4 members (excludes halogenated alkanes) is 1. The van der Waals surface area contributed by atoms with E-state index in [0.29, 0.717) is 30.0 Å². The molecule has 0 aromatic heterocycles. The third-order valence-electron chi connectivity index (χ3n) is 3.85. The third kappa shape index (κ3) is 6.66. The second-order valence-electron chi connectivity index (χ2n) is 6.06. The summed E-state index contributed by atoms with van der Waals surface area (Å²) in [6.45, 7) is 4.51. The van der Waals surface area contributed by atoms with Crippen molar-refractivity contribution >= 4 is 40.5 Å². The molecule has 0 bridgehead atoms. The van der Waals surface area contributed by atoms with Crippen molar-refractivity contribution < 1.29 is 14.3 Å². The maximum absolute atomic E-state index is 12.7. The van der Waals surface area contributed by atoms with Crippen LogP contribution in [-0.4, -0.2) is 23.5 Å². The maximum atomic E-state index is 12.7. The van der Waals surface area contributed by atoms with Gasteiger partial charge in [-0.1, -0.05) is 25.5 Å². The molecule has 0 aliphatic heterocycles. The summed E-state index contributed by atoms with van der Waals surface area (Å²) in [6.07, 6.45) is 2.15. The maximum Gasteiger partial charge on any atom is 0.257 e. The number of benzene rings is 2. The molecule has 0 spiro atoms. The van der Waals surface area contributed by atoms with Gasteiger partial charge in [0.25, 0.3) is 5.91 Å². The zero-order valence-electron chi connectivity index (χ0n) is 16.1. The van der Waals surface area contributed by atoms with Crippen molar-refractivity contribution in [2.24, 2.45) is 0 Å². The number of carbonyl (C=O) groups excluding carboxylic acids is 2. The fourth-order valence-electron chi connectivity index (χ4n) is 2.47. The van der Waals surface area contributed by atoms with Gasteiger partial charge in [-0.15, -0.1) is 0 Å². The normalized spacial score (nSPS) is 10.1. The zero-order chi connectivity index (χ0) is 20.4. The minimum absolute atomic E-state index is 0.143. The monoisotopic (exact) mass is 399 g/mol. The smallest absolute Gasteiger partial charge is 0.257 e. The van der Waals surface area contributed by atoms with Crippen molar-refractivity contribution in [1.82, 2.24) is 5.32 Å². The van der Waals surface area contributed by atoms with E-state index in [1.165, 1.54) is 0 Å². The molecular weight excluding hydrogens is 374 g/mol. The third-order valence-corrected chi connectivity index (χ3v) is 4.06. The molecule has 0 unspecified atom stereocenters. The van der Waals surface area contributed by atoms with Crippen molar-refractivity contribution in [3.63, 3.8) is 0 Å². The van der Waals surface area contributed by atoms with Gasteiger partial charge in [-0.25, -0.2) is 0 Å². The molecule has 28 heavy (non-hydrogen) atoms. The summed E-state index contributed by atoms with van der Waals surface area (Å²) < 4.78 is 5.40. The summed E-state index contributed by atoms with van der Waals surface area (Å²) in [5.41, 5.74) is 1.59. The summed E-state index contributed by atoms with van der Waals surface area (Å²) in [6, 6.07) is 14.1. The van der Waals surface area contributed by atoms with Crippen LogP contribution >= 0.6 is 12.2 Å². The lowest BCUT2D eigenvalue weighted by Crippen LogP contribution is -2.34. The first kappa shape index (κ1) is 21.4. The predicted molar refractivity (Wildman–Crippen MR) is 116 cm³/mol. The molecule has 2 aromatic carbocycles. The first-order valence-corrected chi connectivity index (χ1v) is 9.68. The Morgan fingerprint density at radius 3 is 2.39 bits per heavy atom. The second-order valence-corrected chi connectivity index (χ2v) is 6.47. The van der Waals surface area contributed by atoms with Crippen molar-refractivity contribution in [2.45, 2.75) is 33.1 Å². The quantitative estimate of drug-likeness (QED) is 0.576. The number of rotatable bonds is 8. The number of carbonyl (C=O) groups is 2. The molecule has 0 radical (unpaired) electrons. The van der Waals surface area contributed by atoms with Gasteiger partial charge in [0.05, 0.1) is 17.9 Å². The molecule has 3 N–H and O–H groups in total. The van der Waals surface area contributed by atoms with Crippen molar-refractivity contribution in [3.05, 3.63) is 54.1 Å². The van der Waals surface area contributed by atoms with Crippen LogP contribution in [0.4, 0.5) is 11.4 Å². The fourth-order valence-corrected chi connectivity index (χ4v) is 2.69. The van der Waals surface area contributed by atoms with Crippen molar-refractivity contribution in [3.8, 4) is 5.75 Å². The molecule has 0 fully saturated rings. The Hall–Kier alpha value is -2.93. The lowest BCUT2D eigenvalue weighted by atomic mass is 10.1. The minimum atomic E-state index is -0.285. The molecule has 0 atom stereocenters. The molecule has 0 saturated heterocycles. The van der Waals surface area contributed by atoms with E-state index in [4.69, 9.17) is 17.0 Å². The number of amides is 2. The Morgan fingerprint density at radius 2 is 1.71 bits per heavy atom. The van der Waals surface area contributed by atoms with Gasteiger partial charge in [0.1, 0.15) is 5.75 Å². The first-order chi connectivity index (χ1) is 13.5. The molecule has 2 rings (SSSR count). The first-order valence-electron chi connectivity index (χ1n) is 9.27. The topological polar surface area (TPSA) is 79.5 Å². The highest BCUT2D eigenvalue weighted by molar-refractivity contribution is 7.80.